The Morgan fingerprint density at radius 3 is 2.24 bits per heavy atom. The van der Waals surface area contributed by atoms with E-state index >= 15 is 0 Å². The number of para-hydroxylation sites is 1. The molecule has 0 atom stereocenters. The predicted molar refractivity (Wildman–Crippen MR) is 72.2 cm³/mol. The number of aromatic nitrogens is 2. The van der Waals surface area contributed by atoms with Gasteiger partial charge in [0.25, 0.3) is 11.8 Å². The summed E-state index contributed by atoms with van der Waals surface area (Å²) < 4.78 is 1.26. The van der Waals surface area contributed by atoms with Crippen LogP contribution in [0.25, 0.3) is 5.69 Å². The van der Waals surface area contributed by atoms with Crippen LogP contribution in [0.2, 0.25) is 0 Å². The van der Waals surface area contributed by atoms with Crippen molar-refractivity contribution in [3.8, 4) is 5.69 Å². The summed E-state index contributed by atoms with van der Waals surface area (Å²) in [6.45, 7) is 0. The molecule has 2 amide bonds. The topological polar surface area (TPSA) is 92.5 Å². The minimum Gasteiger partial charge on any atom is -0.477 e. The fourth-order valence-electron chi connectivity index (χ4n) is 2.08. The van der Waals surface area contributed by atoms with Gasteiger partial charge in [0.2, 0.25) is 0 Å². The fraction of sp³-hybridized carbons (Fsp3) is 0. The number of nitrogens with zero attached hydrogens (tertiary/aromatic N) is 3. The summed E-state index contributed by atoms with van der Waals surface area (Å²) in [6, 6.07) is 8.67. The van der Waals surface area contributed by atoms with Gasteiger partial charge in [0.05, 0.1) is 11.9 Å². The molecule has 1 aliphatic heterocycles. The highest BCUT2D eigenvalue weighted by Gasteiger charge is 2.33. The maximum absolute atomic E-state index is 11.8. The number of imide groups is 1. The number of hydrogen-bond acceptors (Lipinski definition) is 4. The van der Waals surface area contributed by atoms with Crippen LogP contribution in [-0.2, 0) is 9.59 Å². The number of hydrogen-bond donors (Lipinski definition) is 1. The summed E-state index contributed by atoms with van der Waals surface area (Å²) >= 11 is 0. The van der Waals surface area contributed by atoms with E-state index in [1.807, 2.05) is 0 Å². The third kappa shape index (κ3) is 2.00. The number of carbonyl (C=O) groups is 3. The molecule has 0 saturated carbocycles. The molecular formula is C14H9N3O4. The summed E-state index contributed by atoms with van der Waals surface area (Å²) in [4.78, 5) is 35.8. The zero-order valence-corrected chi connectivity index (χ0v) is 10.6. The molecule has 0 unspecified atom stereocenters. The molecule has 2 aromatic rings. The first kappa shape index (κ1) is 12.8. The van der Waals surface area contributed by atoms with Gasteiger partial charge >= 0.3 is 5.97 Å². The normalized spacial score (nSPS) is 14.0. The zero-order valence-electron chi connectivity index (χ0n) is 10.6. The number of aromatic carboxylic acids is 1. The average molecular weight is 283 g/mol. The van der Waals surface area contributed by atoms with E-state index in [0.717, 1.165) is 23.2 Å². The van der Waals surface area contributed by atoms with E-state index in [9.17, 15) is 19.5 Å². The van der Waals surface area contributed by atoms with Crippen molar-refractivity contribution in [2.75, 3.05) is 4.90 Å². The number of carboxylic acids is 1. The quantitative estimate of drug-likeness (QED) is 0.848. The molecule has 0 aliphatic carbocycles. The summed E-state index contributed by atoms with van der Waals surface area (Å²) in [7, 11) is 0. The first-order valence-electron chi connectivity index (χ1n) is 6.02. The van der Waals surface area contributed by atoms with Crippen LogP contribution in [0.5, 0.6) is 0 Å². The van der Waals surface area contributed by atoms with Crippen LogP contribution >= 0.6 is 0 Å². The Morgan fingerprint density at radius 1 is 1.05 bits per heavy atom. The van der Waals surface area contributed by atoms with Gasteiger partial charge < -0.3 is 5.11 Å². The number of amides is 2. The fourth-order valence-corrected chi connectivity index (χ4v) is 2.08. The third-order valence-corrected chi connectivity index (χ3v) is 3.00. The van der Waals surface area contributed by atoms with Gasteiger partial charge in [-0.3, -0.25) is 9.59 Å². The Hall–Kier alpha value is -3.22. The van der Waals surface area contributed by atoms with Crippen LogP contribution in [0.15, 0.2) is 48.7 Å². The van der Waals surface area contributed by atoms with Gasteiger partial charge in [-0.05, 0) is 12.1 Å². The lowest BCUT2D eigenvalue weighted by Gasteiger charge is -2.16. The van der Waals surface area contributed by atoms with E-state index < -0.39 is 17.8 Å². The van der Waals surface area contributed by atoms with Crippen molar-refractivity contribution in [1.29, 1.82) is 0 Å². The van der Waals surface area contributed by atoms with Crippen LogP contribution in [0.3, 0.4) is 0 Å². The van der Waals surface area contributed by atoms with Crippen LogP contribution in [0, 0.1) is 0 Å². The number of benzene rings is 1. The van der Waals surface area contributed by atoms with Crippen LogP contribution in [-0.4, -0.2) is 32.7 Å². The molecule has 2 heterocycles. The van der Waals surface area contributed by atoms with Crippen molar-refractivity contribution < 1.29 is 19.5 Å². The van der Waals surface area contributed by atoms with Gasteiger partial charge in [0.1, 0.15) is 5.56 Å². The average Bonchev–Trinajstić information content (AvgIpc) is 3.03. The zero-order chi connectivity index (χ0) is 15.0. The van der Waals surface area contributed by atoms with Crippen molar-refractivity contribution in [1.82, 2.24) is 9.78 Å². The van der Waals surface area contributed by atoms with Crippen molar-refractivity contribution >= 4 is 23.6 Å². The first-order valence-corrected chi connectivity index (χ1v) is 6.02. The molecule has 3 rings (SSSR count). The van der Waals surface area contributed by atoms with Crippen LogP contribution in [0.4, 0.5) is 5.82 Å². The van der Waals surface area contributed by atoms with Crippen LogP contribution in [0.1, 0.15) is 10.4 Å². The number of carbonyl (C=O) groups excluding carboxylic acids is 2. The second-order valence-electron chi connectivity index (χ2n) is 4.28. The standard InChI is InChI=1S/C14H9N3O4/c18-11-6-7-12(19)16(11)13-10(14(20)21)8-15-17(13)9-4-2-1-3-5-9/h1-8H,(H,20,21). The van der Waals surface area contributed by atoms with E-state index in [4.69, 9.17) is 0 Å². The van der Waals surface area contributed by atoms with Gasteiger partial charge in [-0.1, -0.05) is 18.2 Å². The SMILES string of the molecule is O=C(O)c1cnn(-c2ccccc2)c1N1C(=O)C=CC1=O. The first-order chi connectivity index (χ1) is 10.1. The molecule has 7 nitrogen and oxygen atoms in total. The molecule has 0 radical (unpaired) electrons. The van der Waals surface area contributed by atoms with Crippen molar-refractivity contribution in [3.05, 3.63) is 54.2 Å². The van der Waals surface area contributed by atoms with E-state index in [1.54, 1.807) is 30.3 Å². The summed E-state index contributed by atoms with van der Waals surface area (Å²) in [6.07, 6.45) is 3.30. The van der Waals surface area contributed by atoms with E-state index in [2.05, 4.69) is 5.10 Å². The maximum Gasteiger partial charge on any atom is 0.341 e. The second kappa shape index (κ2) is 4.71. The van der Waals surface area contributed by atoms with E-state index in [-0.39, 0.29) is 11.4 Å². The molecule has 7 heteroatoms. The maximum atomic E-state index is 11.8. The Kier molecular flexibility index (Phi) is 2.87. The summed E-state index contributed by atoms with van der Waals surface area (Å²) in [5.41, 5.74) is 0.330. The minimum atomic E-state index is -1.26. The number of carboxylic acid groups (broad SMARTS) is 1. The predicted octanol–water partition coefficient (Wildman–Crippen LogP) is 1.000. The smallest absolute Gasteiger partial charge is 0.341 e. The molecular weight excluding hydrogens is 274 g/mol. The number of anilines is 1. The molecule has 1 aromatic carbocycles. The molecule has 0 spiro atoms. The van der Waals surface area contributed by atoms with Crippen molar-refractivity contribution in [2.45, 2.75) is 0 Å². The van der Waals surface area contributed by atoms with Crippen molar-refractivity contribution in [3.63, 3.8) is 0 Å². The lowest BCUT2D eigenvalue weighted by molar-refractivity contribution is -0.120. The second-order valence-corrected chi connectivity index (χ2v) is 4.28. The molecule has 1 aliphatic rings. The molecule has 0 saturated heterocycles. The summed E-state index contributed by atoms with van der Waals surface area (Å²) in [5, 5.41) is 13.2. The van der Waals surface area contributed by atoms with E-state index in [0.29, 0.717) is 5.69 Å². The largest absolute Gasteiger partial charge is 0.477 e. The Labute approximate surface area is 118 Å². The highest BCUT2D eigenvalue weighted by Crippen LogP contribution is 2.27. The van der Waals surface area contributed by atoms with Gasteiger partial charge in [0, 0.05) is 12.2 Å². The Morgan fingerprint density at radius 2 is 1.67 bits per heavy atom. The van der Waals surface area contributed by atoms with Gasteiger partial charge in [0.15, 0.2) is 5.82 Å². The summed E-state index contributed by atoms with van der Waals surface area (Å²) in [5.74, 6) is -2.53. The highest BCUT2D eigenvalue weighted by molar-refractivity contribution is 6.29. The highest BCUT2D eigenvalue weighted by atomic mass is 16.4. The molecule has 0 bridgehead atoms. The molecule has 21 heavy (non-hydrogen) atoms. The van der Waals surface area contributed by atoms with Crippen LogP contribution < -0.4 is 4.90 Å². The monoisotopic (exact) mass is 283 g/mol. The van der Waals surface area contributed by atoms with Crippen molar-refractivity contribution in [2.24, 2.45) is 0 Å². The lowest BCUT2D eigenvalue weighted by Crippen LogP contribution is -2.33. The molecule has 0 fully saturated rings. The molecule has 104 valence electrons. The van der Waals surface area contributed by atoms with Gasteiger partial charge in [-0.25, -0.2) is 14.4 Å². The Balaban J connectivity index is 2.22. The lowest BCUT2D eigenvalue weighted by atomic mass is 10.3. The molecule has 1 aromatic heterocycles. The van der Waals surface area contributed by atoms with Gasteiger partial charge in [-0.2, -0.15) is 5.10 Å². The Bertz CT molecular complexity index is 759. The van der Waals surface area contributed by atoms with Gasteiger partial charge in [-0.15, -0.1) is 0 Å². The number of rotatable bonds is 3. The third-order valence-electron chi connectivity index (χ3n) is 3.00. The molecule has 1 N–H and O–H groups in total. The van der Waals surface area contributed by atoms with E-state index in [1.165, 1.54) is 4.68 Å². The minimum absolute atomic E-state index is 0.0753.